The second kappa shape index (κ2) is 27.0. The highest BCUT2D eigenvalue weighted by Crippen LogP contribution is 2.47. The Hall–Kier alpha value is -8.56. The predicted octanol–water partition coefficient (Wildman–Crippen LogP) is -0.749. The van der Waals surface area contributed by atoms with Crippen molar-refractivity contribution in [3.05, 3.63) is 116 Å². The average molecular weight is 1180 g/mol. The Morgan fingerprint density at radius 2 is 1.51 bits per heavy atom. The number of pyridine rings is 1. The van der Waals surface area contributed by atoms with E-state index in [1.807, 2.05) is 0 Å². The number of nitrogens with one attached hydrogen (secondary N) is 6. The van der Waals surface area contributed by atoms with Gasteiger partial charge in [0.1, 0.15) is 37.6 Å². The average Bonchev–Trinajstić information content (AvgIpc) is 1.80. The lowest BCUT2D eigenvalue weighted by Gasteiger charge is -2.31. The summed E-state index contributed by atoms with van der Waals surface area (Å²) < 4.78 is 39.1. The Bertz CT molecular complexity index is 3410. The maximum absolute atomic E-state index is 15.4. The smallest absolute Gasteiger partial charge is 0.343 e. The molecular weight excluding hydrogens is 1110 g/mol. The molecule has 450 valence electrons. The lowest BCUT2D eigenvalue weighted by atomic mass is 9.79. The van der Waals surface area contributed by atoms with Gasteiger partial charge in [-0.25, -0.2) is 9.18 Å². The summed E-state index contributed by atoms with van der Waals surface area (Å²) in [5.74, 6) is -6.89. The van der Waals surface area contributed by atoms with E-state index in [0.717, 1.165) is 33.6 Å². The van der Waals surface area contributed by atoms with Crippen molar-refractivity contribution in [1.29, 1.82) is 0 Å². The molecule has 25 nitrogen and oxygen atoms in total. The number of amides is 8. The van der Waals surface area contributed by atoms with Crippen LogP contribution in [0.2, 0.25) is 0 Å². The maximum atomic E-state index is 15.4. The highest BCUT2D eigenvalue weighted by Gasteiger charge is 2.46. The molecule has 0 saturated carbocycles. The first kappa shape index (κ1) is 61.0. The number of ether oxygens (including phenoxy) is 4. The summed E-state index contributed by atoms with van der Waals surface area (Å²) >= 11 is 0. The minimum Gasteiger partial charge on any atom is -0.458 e. The fourth-order valence-corrected chi connectivity index (χ4v) is 11.2. The zero-order chi connectivity index (χ0) is 60.5. The van der Waals surface area contributed by atoms with Gasteiger partial charge in [0.25, 0.3) is 17.4 Å². The van der Waals surface area contributed by atoms with Crippen LogP contribution in [0, 0.1) is 18.7 Å². The van der Waals surface area contributed by atoms with E-state index in [-0.39, 0.29) is 88.8 Å². The lowest BCUT2D eigenvalue weighted by molar-refractivity contribution is -0.172. The maximum Gasteiger partial charge on any atom is 0.343 e. The summed E-state index contributed by atoms with van der Waals surface area (Å²) in [6, 6.07) is 11.8. The van der Waals surface area contributed by atoms with Crippen molar-refractivity contribution in [1.82, 2.24) is 46.3 Å². The van der Waals surface area contributed by atoms with Crippen LogP contribution in [0.5, 0.6) is 0 Å². The third-order valence-corrected chi connectivity index (χ3v) is 15.8. The van der Waals surface area contributed by atoms with Crippen LogP contribution >= 0.6 is 0 Å². The van der Waals surface area contributed by atoms with Crippen LogP contribution < -0.4 is 37.5 Å². The van der Waals surface area contributed by atoms with E-state index in [0.29, 0.717) is 59.3 Å². The second-order valence-electron chi connectivity index (χ2n) is 21.3. The number of ketones is 1. The van der Waals surface area contributed by atoms with Gasteiger partial charge in [0.05, 0.1) is 82.4 Å². The molecule has 26 heteroatoms. The number of fused-ring (bicyclic) bond motifs is 5. The number of benzene rings is 3. The van der Waals surface area contributed by atoms with Crippen molar-refractivity contribution in [3.63, 3.8) is 0 Å². The van der Waals surface area contributed by atoms with Crippen LogP contribution in [0.3, 0.4) is 0 Å². The monoisotopic (exact) mass is 1180 g/mol. The molecule has 0 unspecified atom stereocenters. The first-order chi connectivity index (χ1) is 40.8. The lowest BCUT2D eigenvalue weighted by Crippen LogP contribution is -2.52. The number of carbonyl (C=O) groups is 10. The summed E-state index contributed by atoms with van der Waals surface area (Å²) in [7, 11) is 0. The molecule has 7 N–H and O–H groups in total. The summed E-state index contributed by atoms with van der Waals surface area (Å²) in [5, 5.41) is 28.2. The number of aryl methyl sites for hydroxylation is 1. The number of imide groups is 1. The SMILES string of the molecule is CC[C@@]1(O)C(=O)OCc2c1cc1n(c2=O)Cc2c-1cc1cc(F)c(C)c3c1c2[C@@H](NC(=O)COCNC(=O)CNC(=O)[C@H](Cc1ccccc1)NC(=O)CNC(=O)CNC(=O)CN1CCOCC(C(=O)CCN2C(=O)C=CC2=O)COCC1)CC3. The number of aromatic nitrogens is 1. The summed E-state index contributed by atoms with van der Waals surface area (Å²) in [6.07, 6.45) is 3.06. The van der Waals surface area contributed by atoms with E-state index in [1.165, 1.54) is 10.6 Å². The van der Waals surface area contributed by atoms with Crippen molar-refractivity contribution >= 4 is 69.8 Å². The van der Waals surface area contributed by atoms with Gasteiger partial charge in [-0.2, -0.15) is 0 Å². The topological polar surface area (TPSA) is 329 Å². The minimum atomic E-state index is -2.03. The number of hydrogen-bond donors (Lipinski definition) is 7. The molecule has 0 radical (unpaired) electrons. The van der Waals surface area contributed by atoms with Crippen molar-refractivity contribution < 1.29 is 76.4 Å². The van der Waals surface area contributed by atoms with Crippen LogP contribution in [0.25, 0.3) is 22.0 Å². The van der Waals surface area contributed by atoms with Gasteiger partial charge in [-0.05, 0) is 83.0 Å². The number of hydrogen-bond acceptors (Lipinski definition) is 17. The van der Waals surface area contributed by atoms with E-state index >= 15 is 4.39 Å². The molecule has 3 aromatic carbocycles. The molecule has 4 aliphatic heterocycles. The Morgan fingerprint density at radius 1 is 0.824 bits per heavy atom. The Labute approximate surface area is 486 Å². The van der Waals surface area contributed by atoms with Crippen LogP contribution in [-0.2, 0) is 98.5 Å². The molecule has 1 saturated heterocycles. The molecule has 1 aliphatic carbocycles. The highest BCUT2D eigenvalue weighted by atomic mass is 19.1. The summed E-state index contributed by atoms with van der Waals surface area (Å²) in [5.41, 5.74) is 2.23. The van der Waals surface area contributed by atoms with Gasteiger partial charge in [0, 0.05) is 55.8 Å². The van der Waals surface area contributed by atoms with Crippen LogP contribution in [0.4, 0.5) is 4.39 Å². The molecule has 0 spiro atoms. The predicted molar refractivity (Wildman–Crippen MR) is 298 cm³/mol. The van der Waals surface area contributed by atoms with Gasteiger partial charge in [0.15, 0.2) is 5.60 Å². The van der Waals surface area contributed by atoms with E-state index < -0.39 is 121 Å². The molecule has 5 aliphatic rings. The first-order valence-electron chi connectivity index (χ1n) is 28.0. The van der Waals surface area contributed by atoms with Crippen LogP contribution in [0.15, 0.2) is 65.5 Å². The molecule has 3 atom stereocenters. The molecule has 1 aromatic heterocycles. The minimum absolute atomic E-state index is 0.0193. The third kappa shape index (κ3) is 14.0. The zero-order valence-electron chi connectivity index (χ0n) is 46.9. The number of esters is 1. The molecule has 5 heterocycles. The second-order valence-corrected chi connectivity index (χ2v) is 21.3. The van der Waals surface area contributed by atoms with Gasteiger partial charge in [0.2, 0.25) is 35.4 Å². The summed E-state index contributed by atoms with van der Waals surface area (Å²) in [4.78, 5) is 145. The van der Waals surface area contributed by atoms with Crippen LogP contribution in [0.1, 0.15) is 71.2 Å². The molecule has 4 aromatic rings. The molecule has 0 bridgehead atoms. The first-order valence-corrected chi connectivity index (χ1v) is 28.0. The van der Waals surface area contributed by atoms with Crippen molar-refractivity contribution in [2.24, 2.45) is 5.92 Å². The van der Waals surface area contributed by atoms with Gasteiger partial charge in [-0.15, -0.1) is 0 Å². The number of nitrogens with zero attached hydrogens (tertiary/aromatic N) is 3. The zero-order valence-corrected chi connectivity index (χ0v) is 46.9. The van der Waals surface area contributed by atoms with Gasteiger partial charge in [-0.1, -0.05) is 37.3 Å². The molecule has 8 amide bonds. The third-order valence-electron chi connectivity index (χ3n) is 15.8. The Kier molecular flexibility index (Phi) is 19.4. The number of halogens is 1. The number of cyclic esters (lactones) is 1. The Balaban J connectivity index is 0.710. The van der Waals surface area contributed by atoms with Gasteiger partial charge >= 0.3 is 5.97 Å². The van der Waals surface area contributed by atoms with Crippen molar-refractivity contribution in [2.45, 2.75) is 76.8 Å². The molecule has 1 fully saturated rings. The quantitative estimate of drug-likeness (QED) is 0.0194. The van der Waals surface area contributed by atoms with Gasteiger partial charge in [-0.3, -0.25) is 57.7 Å². The number of carbonyl (C=O) groups excluding carboxylic acids is 10. The highest BCUT2D eigenvalue weighted by molar-refractivity contribution is 6.13. The number of Topliss-reactive ketones (excluding diaryl/α,β-unsaturated/α-hetero) is 1. The van der Waals surface area contributed by atoms with Crippen molar-refractivity contribution in [2.75, 3.05) is 85.6 Å². The summed E-state index contributed by atoms with van der Waals surface area (Å²) in [6.45, 7) is 1.55. The van der Waals surface area contributed by atoms with Crippen molar-refractivity contribution in [3.8, 4) is 11.3 Å². The normalized spacial score (nSPS) is 18.8. The largest absolute Gasteiger partial charge is 0.458 e. The Morgan fingerprint density at radius 3 is 2.22 bits per heavy atom. The number of rotatable bonds is 22. The fourth-order valence-electron chi connectivity index (χ4n) is 11.2. The van der Waals surface area contributed by atoms with E-state index in [1.54, 1.807) is 61.2 Å². The molecular formula is C59H66FN9O16. The van der Waals surface area contributed by atoms with Gasteiger partial charge < -0.3 is 60.5 Å². The van der Waals surface area contributed by atoms with E-state index in [2.05, 4.69) is 31.9 Å². The number of aliphatic hydroxyl groups is 1. The molecule has 9 rings (SSSR count). The van der Waals surface area contributed by atoms with Crippen LogP contribution in [-0.4, -0.2) is 170 Å². The standard InChI is InChI=1S/C59H66FN9O16/c1-3-59(81)41-22-45-38-20-35-21-42(60)33(2)37-9-10-43(55(54(35)37)39(38)26-69(45)57(79)40(41)30-85-58(59)80)65-51(75)31-84-32-64-48(72)24-63-56(78)44(19-34-7-5-4-6-8-34)66-49(73)25-61-47(71)23-62-50(74)27-67-15-17-82-28-36(29-83-18-16-67)46(70)13-14-68-52(76)11-12-53(68)77/h4-8,11-12,20-22,36,43-44,81H,3,9-10,13-19,23-32H2,1-2H3,(H,61,71)(H,62,74)(H,63,78)(H,64,72)(H,65,75)(H,66,73)/t43-,44-,59-/m0/s1. The fraction of sp³-hybridized carbons (Fsp3) is 0.441. The van der Waals surface area contributed by atoms with E-state index in [4.69, 9.17) is 18.9 Å². The van der Waals surface area contributed by atoms with E-state index in [9.17, 15) is 57.8 Å². The molecule has 85 heavy (non-hydrogen) atoms.